The molecule has 1 heterocycles. The summed E-state index contributed by atoms with van der Waals surface area (Å²) in [5.41, 5.74) is 1.32. The quantitative estimate of drug-likeness (QED) is 0.884. The lowest BCUT2D eigenvalue weighted by Gasteiger charge is -2.21. The monoisotopic (exact) mass is 348 g/mol. The predicted octanol–water partition coefficient (Wildman–Crippen LogP) is 4.10. The fourth-order valence-corrected chi connectivity index (χ4v) is 2.83. The van der Waals surface area contributed by atoms with Gasteiger partial charge < -0.3 is 15.0 Å². The lowest BCUT2D eigenvalue weighted by Crippen LogP contribution is -2.24. The number of anilines is 2. The van der Waals surface area contributed by atoms with Crippen molar-refractivity contribution in [2.24, 2.45) is 0 Å². The van der Waals surface area contributed by atoms with Crippen LogP contribution in [0.4, 0.5) is 15.8 Å². The summed E-state index contributed by atoms with van der Waals surface area (Å²) < 4.78 is 19.0. The first-order valence-electron chi connectivity index (χ1n) is 7.84. The molecular formula is C18H18ClFN2O2. The molecule has 1 aliphatic heterocycles. The van der Waals surface area contributed by atoms with Crippen LogP contribution >= 0.6 is 11.6 Å². The molecule has 0 bridgehead atoms. The van der Waals surface area contributed by atoms with E-state index in [4.69, 9.17) is 16.3 Å². The second-order valence-corrected chi connectivity index (χ2v) is 6.08. The van der Waals surface area contributed by atoms with Gasteiger partial charge in [0.2, 0.25) is 0 Å². The molecular weight excluding hydrogens is 331 g/mol. The Morgan fingerprint density at radius 2 is 1.88 bits per heavy atom. The van der Waals surface area contributed by atoms with E-state index < -0.39 is 0 Å². The molecule has 126 valence electrons. The van der Waals surface area contributed by atoms with Gasteiger partial charge in [-0.3, -0.25) is 4.79 Å². The smallest absolute Gasteiger partial charge is 0.262 e. The number of hydrogen-bond donors (Lipinski definition) is 1. The first kappa shape index (κ1) is 16.6. The SMILES string of the molecule is O=C(COc1ccc(Cl)cc1)Nc1cc(F)ccc1N1CCCC1. The molecule has 0 spiro atoms. The highest BCUT2D eigenvalue weighted by Gasteiger charge is 2.17. The Labute approximate surface area is 145 Å². The van der Waals surface area contributed by atoms with Crippen molar-refractivity contribution in [3.05, 3.63) is 53.3 Å². The van der Waals surface area contributed by atoms with E-state index in [9.17, 15) is 9.18 Å². The highest BCUT2D eigenvalue weighted by Crippen LogP contribution is 2.29. The number of amides is 1. The number of nitrogens with zero attached hydrogens (tertiary/aromatic N) is 1. The van der Waals surface area contributed by atoms with Crippen LogP contribution in [0.2, 0.25) is 5.02 Å². The van der Waals surface area contributed by atoms with Gasteiger partial charge in [-0.1, -0.05) is 11.6 Å². The molecule has 0 aromatic heterocycles. The zero-order chi connectivity index (χ0) is 16.9. The molecule has 0 unspecified atom stereocenters. The summed E-state index contributed by atoms with van der Waals surface area (Å²) in [6, 6.07) is 11.2. The van der Waals surface area contributed by atoms with E-state index in [-0.39, 0.29) is 18.3 Å². The first-order chi connectivity index (χ1) is 11.6. The summed E-state index contributed by atoms with van der Waals surface area (Å²) in [5, 5.41) is 3.34. The summed E-state index contributed by atoms with van der Waals surface area (Å²) in [6.07, 6.45) is 2.20. The molecule has 1 fully saturated rings. The lowest BCUT2D eigenvalue weighted by atomic mass is 10.2. The van der Waals surface area contributed by atoms with Crippen molar-refractivity contribution in [2.45, 2.75) is 12.8 Å². The van der Waals surface area contributed by atoms with Gasteiger partial charge in [-0.05, 0) is 55.3 Å². The number of carbonyl (C=O) groups excluding carboxylic acids is 1. The van der Waals surface area contributed by atoms with Gasteiger partial charge in [0.15, 0.2) is 6.61 Å². The van der Waals surface area contributed by atoms with Crippen molar-refractivity contribution in [1.82, 2.24) is 0 Å². The second-order valence-electron chi connectivity index (χ2n) is 5.65. The minimum absolute atomic E-state index is 0.155. The molecule has 1 amide bonds. The van der Waals surface area contributed by atoms with E-state index in [1.165, 1.54) is 12.1 Å². The minimum Gasteiger partial charge on any atom is -0.484 e. The lowest BCUT2D eigenvalue weighted by molar-refractivity contribution is -0.118. The summed E-state index contributed by atoms with van der Waals surface area (Å²) >= 11 is 5.80. The molecule has 0 radical (unpaired) electrons. The summed E-state index contributed by atoms with van der Waals surface area (Å²) in [4.78, 5) is 14.3. The number of halogens is 2. The first-order valence-corrected chi connectivity index (χ1v) is 8.22. The number of benzene rings is 2. The molecule has 0 aliphatic carbocycles. The van der Waals surface area contributed by atoms with Crippen molar-refractivity contribution in [2.75, 3.05) is 29.9 Å². The van der Waals surface area contributed by atoms with Gasteiger partial charge in [-0.15, -0.1) is 0 Å². The van der Waals surface area contributed by atoms with Crippen molar-refractivity contribution < 1.29 is 13.9 Å². The van der Waals surface area contributed by atoms with Crippen molar-refractivity contribution in [1.29, 1.82) is 0 Å². The van der Waals surface area contributed by atoms with Gasteiger partial charge in [0.25, 0.3) is 5.91 Å². The zero-order valence-electron chi connectivity index (χ0n) is 13.1. The van der Waals surface area contributed by atoms with Crippen molar-refractivity contribution in [3.63, 3.8) is 0 Å². The van der Waals surface area contributed by atoms with Gasteiger partial charge >= 0.3 is 0 Å². The zero-order valence-corrected chi connectivity index (χ0v) is 13.9. The van der Waals surface area contributed by atoms with Crippen LogP contribution in [0.15, 0.2) is 42.5 Å². The van der Waals surface area contributed by atoms with E-state index in [1.54, 1.807) is 30.3 Å². The topological polar surface area (TPSA) is 41.6 Å². The van der Waals surface area contributed by atoms with E-state index in [2.05, 4.69) is 10.2 Å². The standard InChI is InChI=1S/C18H18ClFN2O2/c19-13-3-6-15(7-4-13)24-12-18(23)21-16-11-14(20)5-8-17(16)22-9-1-2-10-22/h3-8,11H,1-2,9-10,12H2,(H,21,23). The Kier molecular flexibility index (Phi) is 5.20. The van der Waals surface area contributed by atoms with Gasteiger partial charge in [0.1, 0.15) is 11.6 Å². The number of ether oxygens (including phenoxy) is 1. The highest BCUT2D eigenvalue weighted by atomic mass is 35.5. The molecule has 6 heteroatoms. The predicted molar refractivity (Wildman–Crippen MR) is 93.4 cm³/mol. The Balaban J connectivity index is 1.65. The summed E-state index contributed by atoms with van der Waals surface area (Å²) in [7, 11) is 0. The third kappa shape index (κ3) is 4.17. The molecule has 0 atom stereocenters. The molecule has 2 aromatic carbocycles. The molecule has 0 saturated carbocycles. The normalized spacial score (nSPS) is 13.8. The molecule has 2 aromatic rings. The Hall–Kier alpha value is -2.27. The largest absolute Gasteiger partial charge is 0.484 e. The summed E-state index contributed by atoms with van der Waals surface area (Å²) in [5.74, 6) is -0.170. The van der Waals surface area contributed by atoms with Crippen LogP contribution in [0.5, 0.6) is 5.75 Å². The number of hydrogen-bond acceptors (Lipinski definition) is 3. The number of rotatable bonds is 5. The van der Waals surface area contributed by atoms with Crippen LogP contribution in [0.1, 0.15) is 12.8 Å². The van der Waals surface area contributed by atoms with Gasteiger partial charge in [-0.2, -0.15) is 0 Å². The van der Waals surface area contributed by atoms with E-state index in [1.807, 2.05) is 0 Å². The van der Waals surface area contributed by atoms with Gasteiger partial charge in [0, 0.05) is 18.1 Å². The van der Waals surface area contributed by atoms with E-state index >= 15 is 0 Å². The third-order valence-corrected chi connectivity index (χ3v) is 4.11. The molecule has 3 rings (SSSR count). The molecule has 1 saturated heterocycles. The minimum atomic E-state index is -0.383. The van der Waals surface area contributed by atoms with Gasteiger partial charge in [0.05, 0.1) is 11.4 Å². The maximum Gasteiger partial charge on any atom is 0.262 e. The number of nitrogens with one attached hydrogen (secondary N) is 1. The van der Waals surface area contributed by atoms with Crippen LogP contribution in [0.3, 0.4) is 0 Å². The van der Waals surface area contributed by atoms with Crippen LogP contribution in [0.25, 0.3) is 0 Å². The van der Waals surface area contributed by atoms with Crippen LogP contribution in [0, 0.1) is 5.82 Å². The highest BCUT2D eigenvalue weighted by molar-refractivity contribution is 6.30. The average Bonchev–Trinajstić information content (AvgIpc) is 3.09. The second kappa shape index (κ2) is 7.53. The molecule has 1 aliphatic rings. The fourth-order valence-electron chi connectivity index (χ4n) is 2.71. The Bertz CT molecular complexity index is 715. The Morgan fingerprint density at radius 3 is 2.58 bits per heavy atom. The van der Waals surface area contributed by atoms with Crippen LogP contribution in [-0.4, -0.2) is 25.6 Å². The van der Waals surface area contributed by atoms with Crippen molar-refractivity contribution in [3.8, 4) is 5.75 Å². The maximum atomic E-state index is 13.6. The Morgan fingerprint density at radius 1 is 1.17 bits per heavy atom. The summed E-state index contributed by atoms with van der Waals surface area (Å²) in [6.45, 7) is 1.67. The third-order valence-electron chi connectivity index (χ3n) is 3.86. The van der Waals surface area contributed by atoms with E-state index in [0.717, 1.165) is 31.6 Å². The molecule has 1 N–H and O–H groups in total. The van der Waals surface area contributed by atoms with Crippen LogP contribution in [-0.2, 0) is 4.79 Å². The van der Waals surface area contributed by atoms with E-state index in [0.29, 0.717) is 16.5 Å². The van der Waals surface area contributed by atoms with Crippen LogP contribution < -0.4 is 15.0 Å². The maximum absolute atomic E-state index is 13.6. The van der Waals surface area contributed by atoms with Gasteiger partial charge in [-0.25, -0.2) is 4.39 Å². The van der Waals surface area contributed by atoms with Crippen molar-refractivity contribution >= 4 is 28.9 Å². The average molecular weight is 349 g/mol. The number of carbonyl (C=O) groups is 1. The molecule has 4 nitrogen and oxygen atoms in total. The fraction of sp³-hybridized carbons (Fsp3) is 0.278. The molecule has 24 heavy (non-hydrogen) atoms.